The van der Waals surface area contributed by atoms with E-state index >= 15 is 0 Å². The Kier molecular flexibility index (Phi) is 6.67. The lowest BCUT2D eigenvalue weighted by Gasteiger charge is -2.09. The number of hydrogen-bond acceptors (Lipinski definition) is 4. The van der Waals surface area contributed by atoms with Gasteiger partial charge in [-0.25, -0.2) is 0 Å². The normalized spacial score (nSPS) is 10.3. The summed E-state index contributed by atoms with van der Waals surface area (Å²) in [7, 11) is 1.55. The second-order valence-electron chi connectivity index (χ2n) is 6.23. The number of anilines is 1. The predicted octanol–water partition coefficient (Wildman–Crippen LogP) is 3.87. The number of Topliss-reactive ketones (excluding diaryl/α,β-unsaturated/α-hetero) is 2. The van der Waals surface area contributed by atoms with Gasteiger partial charge in [-0.2, -0.15) is 0 Å². The molecular formula is C21H23NO4. The Morgan fingerprint density at radius 3 is 2.31 bits per heavy atom. The first-order valence-corrected chi connectivity index (χ1v) is 8.45. The maximum atomic E-state index is 12.1. The Hall–Kier alpha value is -2.95. The third-order valence-corrected chi connectivity index (χ3v) is 4.07. The van der Waals surface area contributed by atoms with Crippen LogP contribution >= 0.6 is 0 Å². The molecule has 0 aliphatic carbocycles. The largest absolute Gasteiger partial charge is 0.497 e. The topological polar surface area (TPSA) is 72.5 Å². The first-order chi connectivity index (χ1) is 12.4. The molecule has 136 valence electrons. The molecule has 1 N–H and O–H groups in total. The van der Waals surface area contributed by atoms with Crippen LogP contribution in [0.2, 0.25) is 0 Å². The molecule has 0 aromatic heterocycles. The van der Waals surface area contributed by atoms with Crippen LogP contribution in [0.1, 0.15) is 40.7 Å². The maximum Gasteiger partial charge on any atom is 0.224 e. The van der Waals surface area contributed by atoms with Crippen molar-refractivity contribution < 1.29 is 19.1 Å². The van der Waals surface area contributed by atoms with Crippen molar-refractivity contribution in [2.24, 2.45) is 0 Å². The Bertz CT molecular complexity index is 809. The van der Waals surface area contributed by atoms with Crippen LogP contribution in [0.15, 0.2) is 42.5 Å². The van der Waals surface area contributed by atoms with Gasteiger partial charge in [0, 0.05) is 24.1 Å². The third kappa shape index (κ3) is 5.55. The molecule has 0 atom stereocenters. The molecule has 0 fully saturated rings. The van der Waals surface area contributed by atoms with Crippen LogP contribution in [-0.2, 0) is 9.59 Å². The molecular weight excluding hydrogens is 330 g/mol. The number of carbonyl (C=O) groups is 3. The molecule has 0 bridgehead atoms. The van der Waals surface area contributed by atoms with Gasteiger partial charge in [0.2, 0.25) is 5.91 Å². The van der Waals surface area contributed by atoms with Crippen molar-refractivity contribution in [3.05, 3.63) is 59.2 Å². The molecule has 0 aliphatic rings. The fraction of sp³-hybridized carbons (Fsp3) is 0.286. The minimum absolute atomic E-state index is 0.0403. The van der Waals surface area contributed by atoms with Crippen LogP contribution in [0.5, 0.6) is 5.75 Å². The number of aryl methyl sites for hydroxylation is 2. The molecule has 0 spiro atoms. The lowest BCUT2D eigenvalue weighted by Crippen LogP contribution is -2.15. The third-order valence-electron chi connectivity index (χ3n) is 4.07. The summed E-state index contributed by atoms with van der Waals surface area (Å²) in [4.78, 5) is 36.2. The number of ketones is 2. The van der Waals surface area contributed by atoms with E-state index in [1.165, 1.54) is 0 Å². The highest BCUT2D eigenvalue weighted by Gasteiger charge is 2.14. The average molecular weight is 353 g/mol. The van der Waals surface area contributed by atoms with Gasteiger partial charge in [-0.05, 0) is 55.3 Å². The predicted molar refractivity (Wildman–Crippen MR) is 101 cm³/mol. The van der Waals surface area contributed by atoms with E-state index in [0.717, 1.165) is 16.8 Å². The summed E-state index contributed by atoms with van der Waals surface area (Å²) in [5.74, 6) is -0.0885. The van der Waals surface area contributed by atoms with Gasteiger partial charge in [0.05, 0.1) is 13.5 Å². The van der Waals surface area contributed by atoms with Crippen LogP contribution in [0.3, 0.4) is 0 Å². The minimum Gasteiger partial charge on any atom is -0.497 e. The highest BCUT2D eigenvalue weighted by atomic mass is 16.5. The van der Waals surface area contributed by atoms with Crippen molar-refractivity contribution in [3.63, 3.8) is 0 Å². The molecule has 0 radical (unpaired) electrons. The fourth-order valence-corrected chi connectivity index (χ4v) is 2.48. The summed E-state index contributed by atoms with van der Waals surface area (Å²) < 4.78 is 5.04. The van der Waals surface area contributed by atoms with E-state index in [0.29, 0.717) is 11.3 Å². The number of rotatable bonds is 8. The molecule has 0 unspecified atom stereocenters. The molecule has 5 heteroatoms. The zero-order valence-corrected chi connectivity index (χ0v) is 15.3. The van der Waals surface area contributed by atoms with Gasteiger partial charge in [0.1, 0.15) is 11.5 Å². The maximum absolute atomic E-state index is 12.1. The van der Waals surface area contributed by atoms with Gasteiger partial charge in [-0.15, -0.1) is 0 Å². The summed E-state index contributed by atoms with van der Waals surface area (Å²) in [5.41, 5.74) is 3.22. The van der Waals surface area contributed by atoms with Crippen molar-refractivity contribution in [2.45, 2.75) is 33.1 Å². The fourth-order valence-electron chi connectivity index (χ4n) is 2.48. The van der Waals surface area contributed by atoms with Gasteiger partial charge < -0.3 is 10.1 Å². The van der Waals surface area contributed by atoms with E-state index in [9.17, 15) is 14.4 Å². The number of amides is 1. The molecule has 1 amide bonds. The van der Waals surface area contributed by atoms with Crippen molar-refractivity contribution in [2.75, 3.05) is 12.4 Å². The average Bonchev–Trinajstić information content (AvgIpc) is 2.63. The number of carbonyl (C=O) groups excluding carboxylic acids is 3. The van der Waals surface area contributed by atoms with Gasteiger partial charge in [0.15, 0.2) is 5.78 Å². The second kappa shape index (κ2) is 8.94. The highest BCUT2D eigenvalue weighted by Crippen LogP contribution is 2.17. The second-order valence-corrected chi connectivity index (χ2v) is 6.23. The van der Waals surface area contributed by atoms with E-state index in [1.807, 2.05) is 32.0 Å². The van der Waals surface area contributed by atoms with E-state index in [2.05, 4.69) is 5.32 Å². The van der Waals surface area contributed by atoms with Gasteiger partial charge in [0.25, 0.3) is 0 Å². The molecule has 5 nitrogen and oxygen atoms in total. The summed E-state index contributed by atoms with van der Waals surface area (Å²) in [6, 6.07) is 12.4. The van der Waals surface area contributed by atoms with Gasteiger partial charge in [-0.3, -0.25) is 14.4 Å². The van der Waals surface area contributed by atoms with Crippen molar-refractivity contribution in [1.82, 2.24) is 0 Å². The number of methoxy groups -OCH3 is 1. The summed E-state index contributed by atoms with van der Waals surface area (Å²) in [5, 5.41) is 2.81. The molecule has 0 heterocycles. The van der Waals surface area contributed by atoms with Crippen molar-refractivity contribution in [1.29, 1.82) is 0 Å². The van der Waals surface area contributed by atoms with E-state index in [-0.39, 0.29) is 36.7 Å². The molecule has 2 aromatic rings. The van der Waals surface area contributed by atoms with Crippen LogP contribution in [-0.4, -0.2) is 24.6 Å². The Labute approximate surface area is 153 Å². The Morgan fingerprint density at radius 2 is 1.65 bits per heavy atom. The van der Waals surface area contributed by atoms with Crippen molar-refractivity contribution >= 4 is 23.2 Å². The summed E-state index contributed by atoms with van der Waals surface area (Å²) >= 11 is 0. The number of hydrogen-bond donors (Lipinski definition) is 1. The molecule has 2 rings (SSSR count). The van der Waals surface area contributed by atoms with Crippen LogP contribution in [0, 0.1) is 13.8 Å². The quantitative estimate of drug-likeness (QED) is 0.577. The molecule has 26 heavy (non-hydrogen) atoms. The Morgan fingerprint density at radius 1 is 0.962 bits per heavy atom. The first-order valence-electron chi connectivity index (χ1n) is 8.45. The Balaban J connectivity index is 1.82. The molecule has 2 aromatic carbocycles. The van der Waals surface area contributed by atoms with Gasteiger partial charge >= 0.3 is 0 Å². The van der Waals surface area contributed by atoms with E-state index in [1.54, 1.807) is 31.4 Å². The highest BCUT2D eigenvalue weighted by molar-refractivity contribution is 6.08. The monoisotopic (exact) mass is 353 g/mol. The molecule has 0 saturated carbocycles. The lowest BCUT2D eigenvalue weighted by molar-refractivity contribution is -0.122. The molecule has 0 aliphatic heterocycles. The summed E-state index contributed by atoms with van der Waals surface area (Å²) in [6.45, 7) is 3.86. The number of ether oxygens (including phenoxy) is 1. The SMILES string of the molecule is COc1ccc(C(=O)CC(=O)CCC(=O)Nc2cc(C)ccc2C)cc1. The zero-order valence-electron chi connectivity index (χ0n) is 15.3. The standard InChI is InChI=1S/C21H23NO4/c1-14-4-5-15(2)19(12-14)22-21(25)11-8-17(23)13-20(24)16-6-9-18(26-3)10-7-16/h4-7,9-10,12H,8,11,13H2,1-3H3,(H,22,25). The molecule has 0 saturated heterocycles. The van der Waals surface area contributed by atoms with Gasteiger partial charge in [-0.1, -0.05) is 12.1 Å². The number of nitrogens with one attached hydrogen (secondary N) is 1. The first kappa shape index (κ1) is 19.4. The van der Waals surface area contributed by atoms with E-state index < -0.39 is 0 Å². The summed E-state index contributed by atoms with van der Waals surface area (Å²) in [6.07, 6.45) is -0.107. The van der Waals surface area contributed by atoms with Crippen molar-refractivity contribution in [3.8, 4) is 5.75 Å². The lowest BCUT2D eigenvalue weighted by atomic mass is 10.0. The zero-order chi connectivity index (χ0) is 19.1. The van der Waals surface area contributed by atoms with Crippen LogP contribution in [0.25, 0.3) is 0 Å². The number of benzene rings is 2. The van der Waals surface area contributed by atoms with Crippen LogP contribution < -0.4 is 10.1 Å². The minimum atomic E-state index is -0.257. The van der Waals surface area contributed by atoms with Crippen LogP contribution in [0.4, 0.5) is 5.69 Å². The van der Waals surface area contributed by atoms with E-state index in [4.69, 9.17) is 4.74 Å². The smallest absolute Gasteiger partial charge is 0.224 e.